The van der Waals surface area contributed by atoms with E-state index in [9.17, 15) is 9.90 Å². The van der Waals surface area contributed by atoms with Gasteiger partial charge < -0.3 is 10.0 Å². The third-order valence-corrected chi connectivity index (χ3v) is 6.20. The molecule has 0 aliphatic carbocycles. The molecule has 0 unspecified atom stereocenters. The molecule has 4 rings (SSSR count). The van der Waals surface area contributed by atoms with Gasteiger partial charge in [0.1, 0.15) is 0 Å². The highest BCUT2D eigenvalue weighted by molar-refractivity contribution is 5.43. The topological polar surface area (TPSA) is 79.4 Å². The summed E-state index contributed by atoms with van der Waals surface area (Å²) in [6, 6.07) is 1.80. The average Bonchev–Trinajstić information content (AvgIpc) is 3.18. The van der Waals surface area contributed by atoms with E-state index in [0.717, 1.165) is 64.1 Å². The summed E-state index contributed by atoms with van der Waals surface area (Å²) in [5.41, 5.74) is 2.01. The van der Waals surface area contributed by atoms with Gasteiger partial charge in [-0.15, -0.1) is 0 Å². The molecular weight excluding hydrogens is 380 g/mol. The molecule has 164 valence electrons. The first-order valence-electron chi connectivity index (χ1n) is 11.1. The van der Waals surface area contributed by atoms with Crippen molar-refractivity contribution in [2.45, 2.75) is 70.7 Å². The second-order valence-electron chi connectivity index (χ2n) is 9.71. The highest BCUT2D eigenvalue weighted by atomic mass is 16.3. The van der Waals surface area contributed by atoms with Crippen LogP contribution in [-0.4, -0.2) is 61.9 Å². The molecule has 1 atom stereocenters. The number of aromatic nitrogens is 4. The zero-order chi connectivity index (χ0) is 21.3. The largest absolute Gasteiger partial charge is 0.393 e. The van der Waals surface area contributed by atoms with Crippen LogP contribution in [0.15, 0.2) is 29.5 Å². The highest BCUT2D eigenvalue weighted by Gasteiger charge is 2.25. The molecule has 30 heavy (non-hydrogen) atoms. The third kappa shape index (κ3) is 4.75. The second-order valence-corrected chi connectivity index (χ2v) is 9.71. The zero-order valence-electron chi connectivity index (χ0n) is 18.4. The van der Waals surface area contributed by atoms with Gasteiger partial charge in [0.15, 0.2) is 0 Å². The number of nitrogens with zero attached hydrogens (tertiary/aromatic N) is 6. The molecule has 0 radical (unpaired) electrons. The van der Waals surface area contributed by atoms with Gasteiger partial charge in [-0.1, -0.05) is 0 Å². The quantitative estimate of drug-likeness (QED) is 0.824. The summed E-state index contributed by atoms with van der Waals surface area (Å²) in [4.78, 5) is 17.4. The maximum atomic E-state index is 12.8. The van der Waals surface area contributed by atoms with Crippen molar-refractivity contribution in [2.75, 3.05) is 31.1 Å². The lowest BCUT2D eigenvalue weighted by molar-refractivity contribution is 0.145. The minimum absolute atomic E-state index is 0.0197. The Bertz CT molecular complexity index is 907. The van der Waals surface area contributed by atoms with Crippen LogP contribution in [0.1, 0.15) is 58.1 Å². The normalized spacial score (nSPS) is 21.9. The standard InChI is InChI=1S/C22H34N6O2/c1-22(2,3)27-15-17(12-23-27)14-25-8-4-5-18(16-25)28-21(30)11-19(13-24-28)26-9-6-20(29)7-10-26/h11-13,15,18,20,29H,4-10,14,16H2,1-3H3/t18-/m0/s1. The minimum atomic E-state index is -0.224. The Labute approximate surface area is 178 Å². The average molecular weight is 415 g/mol. The maximum Gasteiger partial charge on any atom is 0.269 e. The van der Waals surface area contributed by atoms with Crippen molar-refractivity contribution in [3.63, 3.8) is 0 Å². The van der Waals surface area contributed by atoms with Gasteiger partial charge >= 0.3 is 0 Å². The molecule has 8 heteroatoms. The number of rotatable bonds is 4. The van der Waals surface area contributed by atoms with Crippen molar-refractivity contribution < 1.29 is 5.11 Å². The molecule has 2 aromatic rings. The van der Waals surface area contributed by atoms with E-state index in [1.165, 1.54) is 5.56 Å². The van der Waals surface area contributed by atoms with Crippen LogP contribution in [0.3, 0.4) is 0 Å². The number of hydrogen-bond donors (Lipinski definition) is 1. The van der Waals surface area contributed by atoms with Gasteiger partial charge in [-0.25, -0.2) is 4.68 Å². The fraction of sp³-hybridized carbons (Fsp3) is 0.682. The smallest absolute Gasteiger partial charge is 0.269 e. The number of aliphatic hydroxyl groups is 1. The van der Waals surface area contributed by atoms with Crippen molar-refractivity contribution in [2.24, 2.45) is 0 Å². The molecule has 8 nitrogen and oxygen atoms in total. The molecule has 2 aromatic heterocycles. The van der Waals surface area contributed by atoms with Crippen molar-refractivity contribution in [3.8, 4) is 0 Å². The van der Waals surface area contributed by atoms with Gasteiger partial charge in [0.25, 0.3) is 5.56 Å². The first kappa shape index (κ1) is 21.1. The SMILES string of the molecule is CC(C)(C)n1cc(CN2CCC[C@H](n3ncc(N4CCC(O)CC4)cc3=O)C2)cn1. The Balaban J connectivity index is 1.41. The van der Waals surface area contributed by atoms with Crippen LogP contribution < -0.4 is 10.5 Å². The molecule has 0 amide bonds. The predicted octanol–water partition coefficient (Wildman–Crippen LogP) is 1.99. The van der Waals surface area contributed by atoms with E-state index in [0.29, 0.717) is 0 Å². The summed E-state index contributed by atoms with van der Waals surface area (Å²) < 4.78 is 3.67. The van der Waals surface area contributed by atoms with Crippen LogP contribution in [0.25, 0.3) is 0 Å². The number of anilines is 1. The summed E-state index contributed by atoms with van der Waals surface area (Å²) in [6.07, 6.45) is 9.17. The number of likely N-dealkylation sites (tertiary alicyclic amines) is 1. The van der Waals surface area contributed by atoms with Gasteiger partial charge in [0.05, 0.1) is 35.8 Å². The first-order valence-corrected chi connectivity index (χ1v) is 11.1. The molecule has 0 saturated carbocycles. The molecule has 4 heterocycles. The van der Waals surface area contributed by atoms with Crippen molar-refractivity contribution in [1.29, 1.82) is 0 Å². The number of piperidine rings is 2. The molecule has 0 spiro atoms. The van der Waals surface area contributed by atoms with Gasteiger partial charge in [-0.3, -0.25) is 14.4 Å². The van der Waals surface area contributed by atoms with Crippen LogP contribution in [0, 0.1) is 0 Å². The van der Waals surface area contributed by atoms with E-state index in [-0.39, 0.29) is 23.2 Å². The zero-order valence-corrected chi connectivity index (χ0v) is 18.4. The monoisotopic (exact) mass is 414 g/mol. The fourth-order valence-corrected chi connectivity index (χ4v) is 4.42. The number of aliphatic hydroxyl groups excluding tert-OH is 1. The van der Waals surface area contributed by atoms with Crippen LogP contribution in [-0.2, 0) is 12.1 Å². The van der Waals surface area contributed by atoms with Crippen molar-refractivity contribution in [3.05, 3.63) is 40.6 Å². The molecule has 2 fully saturated rings. The van der Waals surface area contributed by atoms with Crippen LogP contribution in [0.4, 0.5) is 5.69 Å². The first-order chi connectivity index (χ1) is 14.3. The summed E-state index contributed by atoms with van der Waals surface area (Å²) in [5, 5.41) is 18.7. The molecule has 2 aliphatic rings. The van der Waals surface area contributed by atoms with E-state index in [2.05, 4.69) is 47.0 Å². The third-order valence-electron chi connectivity index (χ3n) is 6.20. The Hall–Kier alpha value is -2.19. The Kier molecular flexibility index (Phi) is 5.97. The molecule has 0 bridgehead atoms. The Morgan fingerprint density at radius 3 is 2.53 bits per heavy atom. The molecule has 1 N–H and O–H groups in total. The lowest BCUT2D eigenvalue weighted by Crippen LogP contribution is -2.41. The van der Waals surface area contributed by atoms with Crippen molar-refractivity contribution in [1.82, 2.24) is 24.5 Å². The van der Waals surface area contributed by atoms with E-state index in [1.54, 1.807) is 10.7 Å². The van der Waals surface area contributed by atoms with E-state index in [1.807, 2.05) is 17.1 Å². The highest BCUT2D eigenvalue weighted by Crippen LogP contribution is 2.23. The van der Waals surface area contributed by atoms with Gasteiger partial charge in [-0.2, -0.15) is 10.2 Å². The van der Waals surface area contributed by atoms with Gasteiger partial charge in [-0.05, 0) is 53.0 Å². The Morgan fingerprint density at radius 1 is 1.10 bits per heavy atom. The minimum Gasteiger partial charge on any atom is -0.393 e. The maximum absolute atomic E-state index is 12.8. The Morgan fingerprint density at radius 2 is 1.87 bits per heavy atom. The van der Waals surface area contributed by atoms with Crippen LogP contribution in [0.2, 0.25) is 0 Å². The summed E-state index contributed by atoms with van der Waals surface area (Å²) in [5.74, 6) is 0. The van der Waals surface area contributed by atoms with E-state index < -0.39 is 0 Å². The molecule has 0 aromatic carbocycles. The summed E-state index contributed by atoms with van der Waals surface area (Å²) in [6.45, 7) is 10.7. The van der Waals surface area contributed by atoms with Gasteiger partial charge in [0.2, 0.25) is 0 Å². The second kappa shape index (κ2) is 8.51. The summed E-state index contributed by atoms with van der Waals surface area (Å²) >= 11 is 0. The van der Waals surface area contributed by atoms with E-state index >= 15 is 0 Å². The van der Waals surface area contributed by atoms with Crippen LogP contribution in [0.5, 0.6) is 0 Å². The molecule has 2 saturated heterocycles. The van der Waals surface area contributed by atoms with Crippen molar-refractivity contribution >= 4 is 5.69 Å². The van der Waals surface area contributed by atoms with Gasteiger partial charge in [0, 0.05) is 44.0 Å². The number of hydrogen-bond acceptors (Lipinski definition) is 6. The fourth-order valence-electron chi connectivity index (χ4n) is 4.42. The predicted molar refractivity (Wildman–Crippen MR) is 117 cm³/mol. The van der Waals surface area contributed by atoms with E-state index in [4.69, 9.17) is 0 Å². The molecule has 2 aliphatic heterocycles. The summed E-state index contributed by atoms with van der Waals surface area (Å²) in [7, 11) is 0. The molecular formula is C22H34N6O2. The lowest BCUT2D eigenvalue weighted by atomic mass is 10.1. The lowest BCUT2D eigenvalue weighted by Gasteiger charge is -2.33. The van der Waals surface area contributed by atoms with Crippen LogP contribution >= 0.6 is 0 Å².